The summed E-state index contributed by atoms with van der Waals surface area (Å²) >= 11 is 11.7. The highest BCUT2D eigenvalue weighted by atomic mass is 35.5. The van der Waals surface area contributed by atoms with E-state index in [2.05, 4.69) is 10.6 Å². The molecule has 0 heterocycles. The van der Waals surface area contributed by atoms with Gasteiger partial charge in [-0.1, -0.05) is 29.3 Å². The van der Waals surface area contributed by atoms with Crippen molar-refractivity contribution < 1.29 is 13.6 Å². The summed E-state index contributed by atoms with van der Waals surface area (Å²) in [4.78, 5) is 11.7. The summed E-state index contributed by atoms with van der Waals surface area (Å²) in [6.07, 6.45) is 0. The van der Waals surface area contributed by atoms with Crippen LogP contribution in [0.15, 0.2) is 36.4 Å². The average molecular weight is 317 g/mol. The topological polar surface area (TPSA) is 41.1 Å². The minimum Gasteiger partial charge on any atom is -0.308 e. The lowest BCUT2D eigenvalue weighted by atomic mass is 10.3. The monoisotopic (exact) mass is 316 g/mol. The van der Waals surface area contributed by atoms with E-state index in [9.17, 15) is 13.6 Å². The van der Waals surface area contributed by atoms with Gasteiger partial charge in [0.1, 0.15) is 0 Å². The Kier molecular flexibility index (Phi) is 4.42. The van der Waals surface area contributed by atoms with Crippen molar-refractivity contribution in [3.63, 3.8) is 0 Å². The van der Waals surface area contributed by atoms with E-state index in [-0.39, 0.29) is 15.7 Å². The lowest BCUT2D eigenvalue weighted by Crippen LogP contribution is -2.19. The number of carbonyl (C=O) groups excluding carboxylic acids is 1. The van der Waals surface area contributed by atoms with E-state index in [1.807, 2.05) is 0 Å². The number of amides is 2. The number of nitrogens with one attached hydrogen (secondary N) is 2. The lowest BCUT2D eigenvalue weighted by molar-refractivity contribution is 0.262. The third-order valence-corrected chi connectivity index (χ3v) is 3.20. The Balaban J connectivity index is 2.09. The van der Waals surface area contributed by atoms with Crippen molar-refractivity contribution in [1.29, 1.82) is 0 Å². The van der Waals surface area contributed by atoms with Crippen molar-refractivity contribution in [1.82, 2.24) is 0 Å². The van der Waals surface area contributed by atoms with Crippen LogP contribution in [0, 0.1) is 11.6 Å². The molecule has 2 aromatic rings. The first-order valence-corrected chi connectivity index (χ1v) is 6.20. The zero-order valence-electron chi connectivity index (χ0n) is 9.88. The normalized spacial score (nSPS) is 10.2. The molecular weight excluding hydrogens is 309 g/mol. The highest BCUT2D eigenvalue weighted by Crippen LogP contribution is 2.29. The lowest BCUT2D eigenvalue weighted by Gasteiger charge is -2.09. The van der Waals surface area contributed by atoms with Gasteiger partial charge in [0, 0.05) is 11.8 Å². The van der Waals surface area contributed by atoms with Crippen molar-refractivity contribution in [2.24, 2.45) is 0 Å². The summed E-state index contributed by atoms with van der Waals surface area (Å²) in [5.74, 6) is -2.04. The van der Waals surface area contributed by atoms with Crippen molar-refractivity contribution in [3.8, 4) is 0 Å². The maximum absolute atomic E-state index is 13.0. The van der Waals surface area contributed by atoms with Crippen molar-refractivity contribution in [2.75, 3.05) is 10.6 Å². The van der Waals surface area contributed by atoms with E-state index in [1.165, 1.54) is 6.07 Å². The van der Waals surface area contributed by atoms with Crippen molar-refractivity contribution >= 4 is 40.6 Å². The fourth-order valence-electron chi connectivity index (χ4n) is 1.46. The molecule has 0 bridgehead atoms. The van der Waals surface area contributed by atoms with Crippen LogP contribution in [0.3, 0.4) is 0 Å². The number of carbonyl (C=O) groups is 1. The quantitative estimate of drug-likeness (QED) is 0.811. The molecule has 0 fully saturated rings. The first-order valence-electron chi connectivity index (χ1n) is 5.44. The number of hydrogen-bond donors (Lipinski definition) is 2. The number of urea groups is 1. The molecule has 3 nitrogen and oxygen atoms in total. The fraction of sp³-hybridized carbons (Fsp3) is 0. The smallest absolute Gasteiger partial charge is 0.308 e. The van der Waals surface area contributed by atoms with Gasteiger partial charge in [-0.3, -0.25) is 0 Å². The standard InChI is InChI=1S/C13H8Cl2F2N2O/c14-8-2-1-3-11(12(8)15)19-13(20)18-7-4-5-9(16)10(17)6-7/h1-6H,(H2,18,19,20). The van der Waals surface area contributed by atoms with Gasteiger partial charge in [0.05, 0.1) is 15.7 Å². The van der Waals surface area contributed by atoms with Gasteiger partial charge in [-0.2, -0.15) is 0 Å². The minimum atomic E-state index is -1.05. The second-order valence-electron chi connectivity index (χ2n) is 3.81. The number of halogens is 4. The first kappa shape index (κ1) is 14.6. The van der Waals surface area contributed by atoms with Gasteiger partial charge in [-0.15, -0.1) is 0 Å². The minimum absolute atomic E-state index is 0.111. The van der Waals surface area contributed by atoms with E-state index < -0.39 is 17.7 Å². The van der Waals surface area contributed by atoms with Gasteiger partial charge < -0.3 is 10.6 Å². The molecule has 0 unspecified atom stereocenters. The molecule has 104 valence electrons. The van der Waals surface area contributed by atoms with Crippen LogP contribution < -0.4 is 10.6 Å². The number of anilines is 2. The Labute approximate surface area is 123 Å². The maximum atomic E-state index is 13.0. The van der Waals surface area contributed by atoms with Crippen LogP contribution in [-0.2, 0) is 0 Å². The van der Waals surface area contributed by atoms with Gasteiger partial charge in [0.25, 0.3) is 0 Å². The molecule has 7 heteroatoms. The second-order valence-corrected chi connectivity index (χ2v) is 4.59. The highest BCUT2D eigenvalue weighted by Gasteiger charge is 2.09. The summed E-state index contributed by atoms with van der Waals surface area (Å²) in [6.45, 7) is 0. The maximum Gasteiger partial charge on any atom is 0.323 e. The van der Waals surface area contributed by atoms with Crippen LogP contribution in [0.1, 0.15) is 0 Å². The summed E-state index contributed by atoms with van der Waals surface area (Å²) in [6, 6.07) is 7.10. The molecule has 0 saturated carbocycles. The number of benzene rings is 2. The van der Waals surface area contributed by atoms with E-state index >= 15 is 0 Å². The Hall–Kier alpha value is -1.85. The molecule has 2 N–H and O–H groups in total. The molecular formula is C13H8Cl2F2N2O. The summed E-state index contributed by atoms with van der Waals surface area (Å²) < 4.78 is 25.7. The van der Waals surface area contributed by atoms with E-state index in [1.54, 1.807) is 18.2 Å². The SMILES string of the molecule is O=C(Nc1ccc(F)c(F)c1)Nc1cccc(Cl)c1Cl. The predicted molar refractivity (Wildman–Crippen MR) is 75.5 cm³/mol. The van der Waals surface area contributed by atoms with Crippen LogP contribution in [0.5, 0.6) is 0 Å². The molecule has 0 atom stereocenters. The van der Waals surface area contributed by atoms with Crippen LogP contribution in [0.2, 0.25) is 10.0 Å². The largest absolute Gasteiger partial charge is 0.323 e. The molecule has 2 amide bonds. The molecule has 20 heavy (non-hydrogen) atoms. The van der Waals surface area contributed by atoms with Crippen LogP contribution in [-0.4, -0.2) is 6.03 Å². The summed E-state index contributed by atoms with van der Waals surface area (Å²) in [5, 5.41) is 5.28. The van der Waals surface area contributed by atoms with E-state index in [4.69, 9.17) is 23.2 Å². The molecule has 2 aromatic carbocycles. The Bertz CT molecular complexity index is 665. The Morgan fingerprint density at radius 3 is 2.45 bits per heavy atom. The van der Waals surface area contributed by atoms with Gasteiger partial charge in [0.2, 0.25) is 0 Å². The number of rotatable bonds is 2. The number of hydrogen-bond acceptors (Lipinski definition) is 1. The molecule has 0 saturated heterocycles. The zero-order valence-corrected chi connectivity index (χ0v) is 11.4. The van der Waals surface area contributed by atoms with Gasteiger partial charge in [0.15, 0.2) is 11.6 Å². The molecule has 0 aromatic heterocycles. The molecule has 0 radical (unpaired) electrons. The molecule has 0 aliphatic carbocycles. The zero-order chi connectivity index (χ0) is 14.7. The second kappa shape index (κ2) is 6.07. The molecule has 2 rings (SSSR count). The fourth-order valence-corrected chi connectivity index (χ4v) is 1.81. The molecule has 0 aliphatic rings. The Morgan fingerprint density at radius 2 is 1.75 bits per heavy atom. The third-order valence-electron chi connectivity index (χ3n) is 2.38. The average Bonchev–Trinajstić information content (AvgIpc) is 2.39. The summed E-state index contributed by atoms with van der Waals surface area (Å²) in [7, 11) is 0. The van der Waals surface area contributed by atoms with Gasteiger partial charge >= 0.3 is 6.03 Å². The van der Waals surface area contributed by atoms with E-state index in [0.717, 1.165) is 12.1 Å². The van der Waals surface area contributed by atoms with Crippen molar-refractivity contribution in [2.45, 2.75) is 0 Å². The molecule has 0 spiro atoms. The van der Waals surface area contributed by atoms with Crippen molar-refractivity contribution in [3.05, 3.63) is 58.1 Å². The molecule has 0 aliphatic heterocycles. The van der Waals surface area contributed by atoms with E-state index in [0.29, 0.717) is 5.69 Å². The third kappa shape index (κ3) is 3.37. The first-order chi connectivity index (χ1) is 9.47. The van der Waals surface area contributed by atoms with Gasteiger partial charge in [-0.25, -0.2) is 13.6 Å². The van der Waals surface area contributed by atoms with Crippen LogP contribution >= 0.6 is 23.2 Å². The van der Waals surface area contributed by atoms with Crippen LogP contribution in [0.25, 0.3) is 0 Å². The Morgan fingerprint density at radius 1 is 1.00 bits per heavy atom. The highest BCUT2D eigenvalue weighted by molar-refractivity contribution is 6.44. The predicted octanol–water partition coefficient (Wildman–Crippen LogP) is 4.92. The van der Waals surface area contributed by atoms with Gasteiger partial charge in [-0.05, 0) is 24.3 Å². The summed E-state index contributed by atoms with van der Waals surface area (Å²) in [5.41, 5.74) is 0.416. The van der Waals surface area contributed by atoms with Crippen LogP contribution in [0.4, 0.5) is 25.0 Å².